The van der Waals surface area contributed by atoms with Gasteiger partial charge < -0.3 is 16.0 Å². The molecule has 2 aromatic heterocycles. The van der Waals surface area contributed by atoms with Crippen LogP contribution < -0.4 is 16.0 Å². The SMILES string of the molecule is Cc1nc(NCCNC(=O)c2ccc(F)cc2)cc(Nc2ccccn2)n1. The molecule has 7 nitrogen and oxygen atoms in total. The molecule has 0 bridgehead atoms. The molecule has 1 amide bonds. The van der Waals surface area contributed by atoms with Crippen LogP contribution in [0.5, 0.6) is 0 Å². The van der Waals surface area contributed by atoms with E-state index in [9.17, 15) is 9.18 Å². The Morgan fingerprint density at radius 3 is 2.52 bits per heavy atom. The van der Waals surface area contributed by atoms with Gasteiger partial charge in [0.25, 0.3) is 5.91 Å². The first kappa shape index (κ1) is 18.2. The summed E-state index contributed by atoms with van der Waals surface area (Å²) in [7, 11) is 0. The lowest BCUT2D eigenvalue weighted by molar-refractivity contribution is 0.0955. The summed E-state index contributed by atoms with van der Waals surface area (Å²) in [6.45, 7) is 2.67. The van der Waals surface area contributed by atoms with Crippen molar-refractivity contribution < 1.29 is 9.18 Å². The highest BCUT2D eigenvalue weighted by Gasteiger charge is 2.06. The summed E-state index contributed by atoms with van der Waals surface area (Å²) in [6, 6.07) is 12.7. The largest absolute Gasteiger partial charge is 0.368 e. The van der Waals surface area contributed by atoms with Crippen LogP contribution in [0.4, 0.5) is 21.8 Å². The molecular weight excluding hydrogens is 347 g/mol. The molecule has 0 radical (unpaired) electrons. The van der Waals surface area contributed by atoms with E-state index in [4.69, 9.17) is 0 Å². The molecule has 0 saturated heterocycles. The van der Waals surface area contributed by atoms with Gasteiger partial charge in [-0.3, -0.25) is 4.79 Å². The molecule has 27 heavy (non-hydrogen) atoms. The number of anilines is 3. The summed E-state index contributed by atoms with van der Waals surface area (Å²) in [6.07, 6.45) is 1.69. The molecule has 3 rings (SSSR count). The smallest absolute Gasteiger partial charge is 0.251 e. The number of carbonyl (C=O) groups is 1. The normalized spacial score (nSPS) is 10.3. The second kappa shape index (κ2) is 8.70. The molecule has 3 N–H and O–H groups in total. The predicted molar refractivity (Wildman–Crippen MR) is 102 cm³/mol. The van der Waals surface area contributed by atoms with Crippen LogP contribution in [0.15, 0.2) is 54.7 Å². The lowest BCUT2D eigenvalue weighted by Crippen LogP contribution is -2.28. The van der Waals surface area contributed by atoms with E-state index < -0.39 is 0 Å². The molecule has 138 valence electrons. The van der Waals surface area contributed by atoms with Crippen molar-refractivity contribution in [3.05, 3.63) is 71.9 Å². The van der Waals surface area contributed by atoms with Crippen LogP contribution in [0.1, 0.15) is 16.2 Å². The van der Waals surface area contributed by atoms with E-state index in [0.717, 1.165) is 0 Å². The number of rotatable bonds is 7. The highest BCUT2D eigenvalue weighted by molar-refractivity contribution is 5.94. The molecule has 0 atom stereocenters. The average Bonchev–Trinajstić information content (AvgIpc) is 2.66. The Labute approximate surface area is 156 Å². The lowest BCUT2D eigenvalue weighted by Gasteiger charge is -2.10. The Balaban J connectivity index is 1.52. The number of hydrogen-bond donors (Lipinski definition) is 3. The van der Waals surface area contributed by atoms with Crippen molar-refractivity contribution in [1.29, 1.82) is 0 Å². The molecule has 0 aliphatic heterocycles. The average molecular weight is 366 g/mol. The second-order valence-electron chi connectivity index (χ2n) is 5.72. The Bertz CT molecular complexity index is 902. The Hall–Kier alpha value is -3.55. The lowest BCUT2D eigenvalue weighted by atomic mass is 10.2. The topological polar surface area (TPSA) is 91.8 Å². The number of halogens is 1. The van der Waals surface area contributed by atoms with Gasteiger partial charge in [0.05, 0.1) is 0 Å². The van der Waals surface area contributed by atoms with Gasteiger partial charge in [0, 0.05) is 30.9 Å². The number of hydrogen-bond acceptors (Lipinski definition) is 6. The van der Waals surface area contributed by atoms with Gasteiger partial charge in [-0.2, -0.15) is 0 Å². The first-order valence-electron chi connectivity index (χ1n) is 8.41. The number of aromatic nitrogens is 3. The first-order chi connectivity index (χ1) is 13.1. The van der Waals surface area contributed by atoms with E-state index in [1.807, 2.05) is 18.2 Å². The molecule has 0 fully saturated rings. The molecule has 8 heteroatoms. The summed E-state index contributed by atoms with van der Waals surface area (Å²) >= 11 is 0. The number of nitrogens with zero attached hydrogens (tertiary/aromatic N) is 3. The quantitative estimate of drug-likeness (QED) is 0.557. The highest BCUT2D eigenvalue weighted by Crippen LogP contribution is 2.15. The van der Waals surface area contributed by atoms with Gasteiger partial charge >= 0.3 is 0 Å². The van der Waals surface area contributed by atoms with Gasteiger partial charge in [-0.1, -0.05) is 6.07 Å². The Kier molecular flexibility index (Phi) is 5.88. The maximum Gasteiger partial charge on any atom is 0.251 e. The number of carbonyl (C=O) groups excluding carboxylic acids is 1. The molecule has 0 unspecified atom stereocenters. The minimum atomic E-state index is -0.373. The second-order valence-corrected chi connectivity index (χ2v) is 5.72. The van der Waals surface area contributed by atoms with Crippen LogP contribution >= 0.6 is 0 Å². The van der Waals surface area contributed by atoms with Crippen molar-refractivity contribution in [2.75, 3.05) is 23.7 Å². The fraction of sp³-hybridized carbons (Fsp3) is 0.158. The Morgan fingerprint density at radius 2 is 1.78 bits per heavy atom. The third-order valence-corrected chi connectivity index (χ3v) is 3.58. The van der Waals surface area contributed by atoms with Crippen molar-refractivity contribution in [1.82, 2.24) is 20.3 Å². The van der Waals surface area contributed by atoms with Gasteiger partial charge in [-0.25, -0.2) is 19.3 Å². The number of aryl methyl sites for hydroxylation is 1. The molecule has 0 aliphatic rings. The Morgan fingerprint density at radius 1 is 1.00 bits per heavy atom. The van der Waals surface area contributed by atoms with Crippen LogP contribution in [0.3, 0.4) is 0 Å². The first-order valence-corrected chi connectivity index (χ1v) is 8.41. The van der Waals surface area contributed by atoms with E-state index in [1.54, 1.807) is 19.2 Å². The third-order valence-electron chi connectivity index (χ3n) is 3.58. The zero-order valence-electron chi connectivity index (χ0n) is 14.7. The summed E-state index contributed by atoms with van der Waals surface area (Å²) in [5, 5.41) is 9.02. The number of benzene rings is 1. The summed E-state index contributed by atoms with van der Waals surface area (Å²) < 4.78 is 12.9. The van der Waals surface area contributed by atoms with Gasteiger partial charge in [0.2, 0.25) is 0 Å². The van der Waals surface area contributed by atoms with Crippen molar-refractivity contribution in [3.8, 4) is 0 Å². The monoisotopic (exact) mass is 366 g/mol. The molecular formula is C19H19FN6O. The molecule has 2 heterocycles. The predicted octanol–water partition coefficient (Wildman–Crippen LogP) is 2.90. The summed E-state index contributed by atoms with van der Waals surface area (Å²) in [4.78, 5) is 24.8. The zero-order valence-corrected chi connectivity index (χ0v) is 14.7. The van der Waals surface area contributed by atoms with Crippen LogP contribution in [0, 0.1) is 12.7 Å². The minimum absolute atomic E-state index is 0.256. The van der Waals surface area contributed by atoms with Crippen molar-refractivity contribution in [2.45, 2.75) is 6.92 Å². The maximum absolute atomic E-state index is 12.9. The van der Waals surface area contributed by atoms with Crippen LogP contribution in [-0.2, 0) is 0 Å². The van der Waals surface area contributed by atoms with Gasteiger partial charge in [-0.15, -0.1) is 0 Å². The van der Waals surface area contributed by atoms with E-state index in [-0.39, 0.29) is 11.7 Å². The summed E-state index contributed by atoms with van der Waals surface area (Å²) in [5.41, 5.74) is 0.413. The zero-order chi connectivity index (χ0) is 19.1. The minimum Gasteiger partial charge on any atom is -0.368 e. The number of amides is 1. The van der Waals surface area contributed by atoms with Gasteiger partial charge in [-0.05, 0) is 43.3 Å². The molecule has 0 saturated carbocycles. The third kappa shape index (κ3) is 5.46. The number of pyridine rings is 1. The fourth-order valence-corrected chi connectivity index (χ4v) is 2.36. The van der Waals surface area contributed by atoms with Crippen LogP contribution in [-0.4, -0.2) is 33.9 Å². The van der Waals surface area contributed by atoms with E-state index in [1.165, 1.54) is 24.3 Å². The van der Waals surface area contributed by atoms with Gasteiger partial charge in [0.15, 0.2) is 0 Å². The van der Waals surface area contributed by atoms with Crippen LogP contribution in [0.2, 0.25) is 0 Å². The molecule has 3 aromatic rings. The summed E-state index contributed by atoms with van der Waals surface area (Å²) in [5.74, 6) is 1.92. The van der Waals surface area contributed by atoms with Gasteiger partial charge in [0.1, 0.15) is 29.1 Å². The highest BCUT2D eigenvalue weighted by atomic mass is 19.1. The van der Waals surface area contributed by atoms with E-state index in [2.05, 4.69) is 30.9 Å². The number of nitrogens with one attached hydrogen (secondary N) is 3. The van der Waals surface area contributed by atoms with E-state index in [0.29, 0.717) is 41.9 Å². The van der Waals surface area contributed by atoms with Crippen molar-refractivity contribution in [3.63, 3.8) is 0 Å². The van der Waals surface area contributed by atoms with E-state index >= 15 is 0 Å². The van der Waals surface area contributed by atoms with Crippen LogP contribution in [0.25, 0.3) is 0 Å². The molecule has 0 aliphatic carbocycles. The maximum atomic E-state index is 12.9. The molecule has 1 aromatic carbocycles. The van der Waals surface area contributed by atoms with Crippen molar-refractivity contribution >= 4 is 23.4 Å². The standard InChI is InChI=1S/C19H19FN6O/c1-13-24-17(12-18(25-13)26-16-4-2-3-9-21-16)22-10-11-23-19(27)14-5-7-15(20)8-6-14/h2-9,12H,10-11H2,1H3,(H,23,27)(H2,21,22,24,25,26). The fourth-order valence-electron chi connectivity index (χ4n) is 2.36. The van der Waals surface area contributed by atoms with Crippen molar-refractivity contribution in [2.24, 2.45) is 0 Å². The molecule has 0 spiro atoms.